The first kappa shape index (κ1) is 20.6. The topological polar surface area (TPSA) is 97.0 Å². The average molecular weight is 431 g/mol. The molecule has 0 radical (unpaired) electrons. The number of imide groups is 1. The monoisotopic (exact) mass is 431 g/mol. The van der Waals surface area contributed by atoms with Crippen LogP contribution in [-0.2, 0) is 16.0 Å². The summed E-state index contributed by atoms with van der Waals surface area (Å²) in [4.78, 5) is 38.3. The lowest BCUT2D eigenvalue weighted by molar-refractivity contribution is -0.286. The van der Waals surface area contributed by atoms with Crippen LogP contribution in [0.3, 0.4) is 0 Å². The molecule has 2 aliphatic heterocycles. The van der Waals surface area contributed by atoms with Gasteiger partial charge >= 0.3 is 12.3 Å². The van der Waals surface area contributed by atoms with E-state index in [1.807, 2.05) is 30.3 Å². The number of anilines is 1. The molecule has 1 atom stereocenters. The number of nitrogens with zero attached hydrogens (tertiary/aromatic N) is 1. The van der Waals surface area contributed by atoms with E-state index in [4.69, 9.17) is 0 Å². The van der Waals surface area contributed by atoms with E-state index in [0.717, 1.165) is 10.5 Å². The molecule has 4 amide bonds. The minimum absolute atomic E-state index is 0.156. The predicted molar refractivity (Wildman–Crippen MR) is 105 cm³/mol. The third-order valence-corrected chi connectivity index (χ3v) is 5.09. The number of amides is 4. The van der Waals surface area contributed by atoms with Crippen molar-refractivity contribution in [2.45, 2.75) is 31.6 Å². The molecule has 8 nitrogen and oxygen atoms in total. The van der Waals surface area contributed by atoms with Crippen LogP contribution in [0.4, 0.5) is 19.3 Å². The van der Waals surface area contributed by atoms with E-state index < -0.39 is 36.2 Å². The highest BCUT2D eigenvalue weighted by Crippen LogP contribution is 2.42. The van der Waals surface area contributed by atoms with Crippen molar-refractivity contribution >= 4 is 23.5 Å². The molecular formula is C21H19F2N3O5. The number of fused-ring (bicyclic) bond motifs is 1. The van der Waals surface area contributed by atoms with Gasteiger partial charge in [-0.15, -0.1) is 8.78 Å². The molecule has 0 aliphatic carbocycles. The summed E-state index contributed by atoms with van der Waals surface area (Å²) in [6.45, 7) is 1.10. The SMILES string of the molecule is CC1(CCc2ccccc2)NC(=O)N(CC(=O)Nc2ccc3c(c2)OC(F)(F)O3)C1=O. The van der Waals surface area contributed by atoms with Crippen molar-refractivity contribution in [3.63, 3.8) is 0 Å². The maximum Gasteiger partial charge on any atom is 0.586 e. The van der Waals surface area contributed by atoms with Crippen LogP contribution in [0.1, 0.15) is 18.9 Å². The quantitative estimate of drug-likeness (QED) is 0.686. The fraction of sp³-hybridized carbons (Fsp3) is 0.286. The van der Waals surface area contributed by atoms with Crippen LogP contribution in [0.2, 0.25) is 0 Å². The van der Waals surface area contributed by atoms with Gasteiger partial charge in [0.15, 0.2) is 11.5 Å². The van der Waals surface area contributed by atoms with Crippen LogP contribution in [0.15, 0.2) is 48.5 Å². The summed E-state index contributed by atoms with van der Waals surface area (Å²) in [5.74, 6) is -1.56. The number of hydrogen-bond acceptors (Lipinski definition) is 5. The normalized spacial score (nSPS) is 21.2. The summed E-state index contributed by atoms with van der Waals surface area (Å²) in [5.41, 5.74) is 0.0525. The summed E-state index contributed by atoms with van der Waals surface area (Å²) in [6, 6.07) is 12.6. The molecule has 0 spiro atoms. The Balaban J connectivity index is 1.37. The first-order valence-electron chi connectivity index (χ1n) is 9.53. The van der Waals surface area contributed by atoms with Gasteiger partial charge < -0.3 is 20.1 Å². The van der Waals surface area contributed by atoms with E-state index in [-0.39, 0.29) is 17.2 Å². The van der Waals surface area contributed by atoms with Crippen LogP contribution >= 0.6 is 0 Å². The summed E-state index contributed by atoms with van der Waals surface area (Å²) in [6.07, 6.45) is -2.82. The van der Waals surface area contributed by atoms with E-state index in [1.165, 1.54) is 18.2 Å². The molecule has 1 unspecified atom stereocenters. The molecule has 31 heavy (non-hydrogen) atoms. The highest BCUT2D eigenvalue weighted by atomic mass is 19.3. The number of aryl methyl sites for hydroxylation is 1. The van der Waals surface area contributed by atoms with E-state index in [0.29, 0.717) is 12.8 Å². The van der Waals surface area contributed by atoms with Crippen molar-refractivity contribution in [3.8, 4) is 11.5 Å². The van der Waals surface area contributed by atoms with Crippen molar-refractivity contribution in [2.75, 3.05) is 11.9 Å². The van der Waals surface area contributed by atoms with Gasteiger partial charge in [0.25, 0.3) is 5.91 Å². The molecule has 4 rings (SSSR count). The fourth-order valence-electron chi connectivity index (χ4n) is 3.47. The first-order valence-corrected chi connectivity index (χ1v) is 9.53. The van der Waals surface area contributed by atoms with Gasteiger partial charge in [0, 0.05) is 11.8 Å². The predicted octanol–water partition coefficient (Wildman–Crippen LogP) is 2.89. The minimum Gasteiger partial charge on any atom is -0.395 e. The van der Waals surface area contributed by atoms with Gasteiger partial charge in [0.1, 0.15) is 12.1 Å². The molecule has 2 N–H and O–H groups in total. The van der Waals surface area contributed by atoms with E-state index in [9.17, 15) is 23.2 Å². The molecule has 162 valence electrons. The Hall–Kier alpha value is -3.69. The molecule has 2 heterocycles. The van der Waals surface area contributed by atoms with Gasteiger partial charge in [0.2, 0.25) is 5.91 Å². The zero-order chi connectivity index (χ0) is 22.2. The number of hydrogen-bond donors (Lipinski definition) is 2. The maximum absolute atomic E-state index is 13.1. The number of nitrogens with one attached hydrogen (secondary N) is 2. The Labute approximate surface area is 176 Å². The Bertz CT molecular complexity index is 1050. The summed E-state index contributed by atoms with van der Waals surface area (Å²) in [7, 11) is 0. The Kier molecular flexibility index (Phi) is 5.00. The fourth-order valence-corrected chi connectivity index (χ4v) is 3.47. The van der Waals surface area contributed by atoms with Gasteiger partial charge in [-0.1, -0.05) is 30.3 Å². The average Bonchev–Trinajstić information content (AvgIpc) is 3.13. The lowest BCUT2D eigenvalue weighted by Gasteiger charge is -2.21. The number of urea groups is 1. The van der Waals surface area contributed by atoms with E-state index in [2.05, 4.69) is 20.1 Å². The van der Waals surface area contributed by atoms with Crippen LogP contribution in [0.25, 0.3) is 0 Å². The van der Waals surface area contributed by atoms with E-state index in [1.54, 1.807) is 6.92 Å². The molecule has 2 aliphatic rings. The smallest absolute Gasteiger partial charge is 0.395 e. The number of alkyl halides is 2. The van der Waals surface area contributed by atoms with Crippen molar-refractivity contribution < 1.29 is 32.6 Å². The Morgan fingerprint density at radius 1 is 1.10 bits per heavy atom. The summed E-state index contributed by atoms with van der Waals surface area (Å²) < 4.78 is 34.9. The third kappa shape index (κ3) is 4.27. The summed E-state index contributed by atoms with van der Waals surface area (Å²) in [5, 5.41) is 5.11. The molecule has 2 aromatic rings. The van der Waals surface area contributed by atoms with Gasteiger partial charge in [-0.2, -0.15) is 0 Å². The third-order valence-electron chi connectivity index (χ3n) is 5.09. The zero-order valence-electron chi connectivity index (χ0n) is 16.5. The second-order valence-electron chi connectivity index (χ2n) is 7.52. The molecular weight excluding hydrogens is 412 g/mol. The maximum atomic E-state index is 13.1. The largest absolute Gasteiger partial charge is 0.586 e. The van der Waals surface area contributed by atoms with Crippen LogP contribution < -0.4 is 20.1 Å². The van der Waals surface area contributed by atoms with Crippen LogP contribution in [-0.4, -0.2) is 41.1 Å². The number of halogens is 2. The van der Waals surface area contributed by atoms with Crippen molar-refractivity contribution in [2.24, 2.45) is 0 Å². The van der Waals surface area contributed by atoms with E-state index >= 15 is 0 Å². The molecule has 1 saturated heterocycles. The van der Waals surface area contributed by atoms with Crippen LogP contribution in [0, 0.1) is 0 Å². The molecule has 10 heteroatoms. The van der Waals surface area contributed by atoms with Gasteiger partial charge in [0.05, 0.1) is 0 Å². The highest BCUT2D eigenvalue weighted by molar-refractivity contribution is 6.09. The van der Waals surface area contributed by atoms with Gasteiger partial charge in [-0.25, -0.2) is 4.79 Å². The number of rotatable bonds is 6. The highest BCUT2D eigenvalue weighted by Gasteiger charge is 2.48. The molecule has 0 saturated carbocycles. The standard InChI is InChI=1S/C21H19F2N3O5/c1-20(10-9-13-5-3-2-4-6-13)18(28)26(19(29)25-20)12-17(27)24-14-7-8-15-16(11-14)31-21(22,23)30-15/h2-8,11H,9-10,12H2,1H3,(H,24,27)(H,25,29). The minimum atomic E-state index is -3.77. The molecule has 0 aromatic heterocycles. The molecule has 0 bridgehead atoms. The number of carbonyl (C=O) groups excluding carboxylic acids is 3. The number of ether oxygens (including phenoxy) is 2. The van der Waals surface area contributed by atoms with Crippen molar-refractivity contribution in [3.05, 3.63) is 54.1 Å². The second-order valence-corrected chi connectivity index (χ2v) is 7.52. The lowest BCUT2D eigenvalue weighted by atomic mass is 9.93. The second kappa shape index (κ2) is 7.53. The number of carbonyl (C=O) groups is 3. The molecule has 1 fully saturated rings. The van der Waals surface area contributed by atoms with Crippen LogP contribution in [0.5, 0.6) is 11.5 Å². The van der Waals surface area contributed by atoms with Gasteiger partial charge in [-0.3, -0.25) is 14.5 Å². The van der Waals surface area contributed by atoms with Crippen molar-refractivity contribution in [1.82, 2.24) is 10.2 Å². The Morgan fingerprint density at radius 3 is 2.55 bits per heavy atom. The molecule has 2 aromatic carbocycles. The zero-order valence-corrected chi connectivity index (χ0v) is 16.5. The first-order chi connectivity index (χ1) is 14.7. The Morgan fingerprint density at radius 2 is 1.81 bits per heavy atom. The lowest BCUT2D eigenvalue weighted by Crippen LogP contribution is -2.45. The van der Waals surface area contributed by atoms with Gasteiger partial charge in [-0.05, 0) is 37.5 Å². The summed E-state index contributed by atoms with van der Waals surface area (Å²) >= 11 is 0. The number of benzene rings is 2. The van der Waals surface area contributed by atoms with Crippen molar-refractivity contribution in [1.29, 1.82) is 0 Å².